The average molecular weight is 269 g/mol. The summed E-state index contributed by atoms with van der Waals surface area (Å²) in [5, 5.41) is 5.70. The highest BCUT2D eigenvalue weighted by atomic mass is 79.9. The van der Waals surface area contributed by atoms with Crippen LogP contribution in [0.1, 0.15) is 24.4 Å². The van der Waals surface area contributed by atoms with E-state index in [-0.39, 0.29) is 12.4 Å². The molecule has 0 aromatic carbocycles. The molecular formula is C8H11BrClNS. The number of hydrogen-bond donors (Lipinski definition) is 1. The first-order valence-corrected chi connectivity index (χ1v) is 5.51. The number of nitrogens with one attached hydrogen (secondary N) is 1. The smallest absolute Gasteiger partial charge is 0.0701 e. The second-order valence-corrected chi connectivity index (χ2v) is 5.12. The Hall–Kier alpha value is 0.430. The van der Waals surface area contributed by atoms with Crippen LogP contribution in [0, 0.1) is 0 Å². The molecule has 1 aromatic heterocycles. The monoisotopic (exact) mass is 267 g/mol. The van der Waals surface area contributed by atoms with Gasteiger partial charge in [-0.3, -0.25) is 0 Å². The normalized spacial score (nSPS) is 22.2. The minimum atomic E-state index is 0. The van der Waals surface area contributed by atoms with Crippen molar-refractivity contribution in [1.82, 2.24) is 5.32 Å². The van der Waals surface area contributed by atoms with E-state index in [1.165, 1.54) is 28.7 Å². The number of thiophene rings is 1. The SMILES string of the molecule is Brc1cc(C2CCCN2)cs1.Cl. The molecule has 68 valence electrons. The molecule has 1 aliphatic heterocycles. The van der Waals surface area contributed by atoms with E-state index in [4.69, 9.17) is 0 Å². The second kappa shape index (κ2) is 4.61. The third kappa shape index (κ3) is 2.22. The van der Waals surface area contributed by atoms with Crippen molar-refractivity contribution >= 4 is 39.7 Å². The van der Waals surface area contributed by atoms with E-state index in [2.05, 4.69) is 32.7 Å². The summed E-state index contributed by atoms with van der Waals surface area (Å²) in [5.74, 6) is 0. The maximum atomic E-state index is 3.47. The number of halogens is 2. The maximum Gasteiger partial charge on any atom is 0.0701 e. The summed E-state index contributed by atoms with van der Waals surface area (Å²) in [5.41, 5.74) is 1.44. The third-order valence-electron chi connectivity index (χ3n) is 2.05. The Labute approximate surface area is 91.1 Å². The lowest BCUT2D eigenvalue weighted by Crippen LogP contribution is -2.11. The van der Waals surface area contributed by atoms with Gasteiger partial charge in [0.25, 0.3) is 0 Å². The van der Waals surface area contributed by atoms with Gasteiger partial charge in [0.15, 0.2) is 0 Å². The fraction of sp³-hybridized carbons (Fsp3) is 0.500. The van der Waals surface area contributed by atoms with Crippen molar-refractivity contribution in [2.24, 2.45) is 0 Å². The van der Waals surface area contributed by atoms with Gasteiger partial charge < -0.3 is 5.32 Å². The summed E-state index contributed by atoms with van der Waals surface area (Å²) in [6.45, 7) is 1.18. The van der Waals surface area contributed by atoms with E-state index in [9.17, 15) is 0 Å². The number of rotatable bonds is 1. The minimum Gasteiger partial charge on any atom is -0.310 e. The van der Waals surface area contributed by atoms with E-state index in [0.29, 0.717) is 6.04 Å². The van der Waals surface area contributed by atoms with Crippen molar-refractivity contribution in [3.8, 4) is 0 Å². The molecule has 0 spiro atoms. The molecule has 2 rings (SSSR count). The van der Waals surface area contributed by atoms with E-state index in [1.54, 1.807) is 11.3 Å². The fourth-order valence-electron chi connectivity index (χ4n) is 1.48. The molecule has 1 unspecified atom stereocenters. The van der Waals surface area contributed by atoms with E-state index in [0.717, 1.165) is 0 Å². The Morgan fingerprint density at radius 1 is 1.58 bits per heavy atom. The van der Waals surface area contributed by atoms with Crippen LogP contribution in [0.2, 0.25) is 0 Å². The standard InChI is InChI=1S/C8H10BrNS.ClH/c9-8-4-6(5-11-8)7-2-1-3-10-7;/h4-5,7,10H,1-3H2;1H. The molecule has 0 bridgehead atoms. The van der Waals surface area contributed by atoms with Gasteiger partial charge in [0, 0.05) is 6.04 Å². The quantitative estimate of drug-likeness (QED) is 0.823. The van der Waals surface area contributed by atoms with Crippen LogP contribution in [0.4, 0.5) is 0 Å². The van der Waals surface area contributed by atoms with Crippen LogP contribution in [0.5, 0.6) is 0 Å². The van der Waals surface area contributed by atoms with Gasteiger partial charge >= 0.3 is 0 Å². The minimum absolute atomic E-state index is 0. The van der Waals surface area contributed by atoms with Crippen molar-refractivity contribution in [3.05, 3.63) is 20.8 Å². The molecule has 1 aliphatic rings. The van der Waals surface area contributed by atoms with Gasteiger partial charge in [-0.2, -0.15) is 0 Å². The van der Waals surface area contributed by atoms with Gasteiger partial charge in [-0.1, -0.05) is 0 Å². The first kappa shape index (κ1) is 10.5. The Kier molecular flexibility index (Phi) is 4.03. The molecule has 2 heterocycles. The van der Waals surface area contributed by atoms with Crippen molar-refractivity contribution in [3.63, 3.8) is 0 Å². The zero-order chi connectivity index (χ0) is 7.68. The lowest BCUT2D eigenvalue weighted by Gasteiger charge is -2.05. The lowest BCUT2D eigenvalue weighted by molar-refractivity contribution is 0.650. The van der Waals surface area contributed by atoms with Gasteiger partial charge in [0.2, 0.25) is 0 Å². The summed E-state index contributed by atoms with van der Waals surface area (Å²) >= 11 is 5.24. The van der Waals surface area contributed by atoms with Crippen molar-refractivity contribution in [2.45, 2.75) is 18.9 Å². The topological polar surface area (TPSA) is 12.0 Å². The van der Waals surface area contributed by atoms with E-state index >= 15 is 0 Å². The van der Waals surface area contributed by atoms with Gasteiger partial charge in [-0.15, -0.1) is 23.7 Å². The van der Waals surface area contributed by atoms with Crippen molar-refractivity contribution in [2.75, 3.05) is 6.54 Å². The molecule has 0 aliphatic carbocycles. The molecule has 4 heteroatoms. The molecule has 1 N–H and O–H groups in total. The summed E-state index contributed by atoms with van der Waals surface area (Å²) < 4.78 is 1.24. The van der Waals surface area contributed by atoms with Crippen molar-refractivity contribution < 1.29 is 0 Å². The number of hydrogen-bond acceptors (Lipinski definition) is 2. The molecule has 0 saturated carbocycles. The van der Waals surface area contributed by atoms with Gasteiger partial charge in [-0.05, 0) is 52.3 Å². The molecule has 1 atom stereocenters. The fourth-order valence-corrected chi connectivity index (χ4v) is 2.70. The summed E-state index contributed by atoms with van der Waals surface area (Å²) in [4.78, 5) is 0. The molecule has 1 fully saturated rings. The highest BCUT2D eigenvalue weighted by Gasteiger charge is 2.16. The lowest BCUT2D eigenvalue weighted by atomic mass is 10.1. The predicted molar refractivity (Wildman–Crippen MR) is 59.2 cm³/mol. The zero-order valence-electron chi connectivity index (χ0n) is 6.55. The van der Waals surface area contributed by atoms with E-state index < -0.39 is 0 Å². The molecule has 1 nitrogen and oxygen atoms in total. The van der Waals surface area contributed by atoms with Crippen LogP contribution in [0.25, 0.3) is 0 Å². The highest BCUT2D eigenvalue weighted by molar-refractivity contribution is 9.11. The molecule has 1 aromatic rings. The van der Waals surface area contributed by atoms with Gasteiger partial charge in [0.1, 0.15) is 0 Å². The van der Waals surface area contributed by atoms with Crippen molar-refractivity contribution in [1.29, 1.82) is 0 Å². The molecule has 12 heavy (non-hydrogen) atoms. The van der Waals surface area contributed by atoms with Crippen LogP contribution < -0.4 is 5.32 Å². The Morgan fingerprint density at radius 3 is 2.92 bits per heavy atom. The predicted octanol–water partition coefficient (Wildman–Crippen LogP) is 3.36. The van der Waals surface area contributed by atoms with Gasteiger partial charge in [-0.25, -0.2) is 0 Å². The Balaban J connectivity index is 0.000000720. The molecule has 1 saturated heterocycles. The third-order valence-corrected chi connectivity index (χ3v) is 3.57. The zero-order valence-corrected chi connectivity index (χ0v) is 9.77. The van der Waals surface area contributed by atoms with Crippen LogP contribution in [0.3, 0.4) is 0 Å². The maximum absolute atomic E-state index is 3.47. The Morgan fingerprint density at radius 2 is 2.42 bits per heavy atom. The van der Waals surface area contributed by atoms with Crippen LogP contribution >= 0.6 is 39.7 Å². The van der Waals surface area contributed by atoms with Crippen LogP contribution in [-0.4, -0.2) is 6.54 Å². The Bertz CT molecular complexity index is 245. The summed E-state index contributed by atoms with van der Waals surface area (Å²) in [7, 11) is 0. The molecular weight excluding hydrogens is 258 g/mol. The molecule has 0 amide bonds. The first-order valence-electron chi connectivity index (χ1n) is 3.83. The van der Waals surface area contributed by atoms with Crippen LogP contribution in [0.15, 0.2) is 15.2 Å². The highest BCUT2D eigenvalue weighted by Crippen LogP contribution is 2.29. The second-order valence-electron chi connectivity index (χ2n) is 2.83. The average Bonchev–Trinajstić information content (AvgIpc) is 2.55. The summed E-state index contributed by atoms with van der Waals surface area (Å²) in [6.07, 6.45) is 2.61. The largest absolute Gasteiger partial charge is 0.310 e. The first-order chi connectivity index (χ1) is 5.36. The van der Waals surface area contributed by atoms with E-state index in [1.807, 2.05) is 0 Å². The molecule has 0 radical (unpaired) electrons. The van der Waals surface area contributed by atoms with Gasteiger partial charge in [0.05, 0.1) is 3.79 Å². The summed E-state index contributed by atoms with van der Waals surface area (Å²) in [6, 6.07) is 2.84. The van der Waals surface area contributed by atoms with Crippen LogP contribution in [-0.2, 0) is 0 Å².